The van der Waals surface area contributed by atoms with Gasteiger partial charge >= 0.3 is 5.97 Å². The molecule has 0 saturated carbocycles. The predicted molar refractivity (Wildman–Crippen MR) is 108 cm³/mol. The Hall–Kier alpha value is -2.22. The summed E-state index contributed by atoms with van der Waals surface area (Å²) in [5.41, 5.74) is 2.50. The molecule has 2 aromatic rings. The number of nitrogens with one attached hydrogen (secondary N) is 1. The van der Waals surface area contributed by atoms with Crippen molar-refractivity contribution in [2.24, 2.45) is 0 Å². The number of esters is 1. The second kappa shape index (κ2) is 8.43. The Morgan fingerprint density at radius 3 is 2.64 bits per heavy atom. The number of ether oxygens (including phenoxy) is 2. The molecule has 2 aliphatic rings. The molecule has 1 atom stereocenters. The Bertz CT molecular complexity index is 859. The summed E-state index contributed by atoms with van der Waals surface area (Å²) in [6, 6.07) is 9.33. The van der Waals surface area contributed by atoms with Gasteiger partial charge in [0, 0.05) is 18.0 Å². The third-order valence-electron chi connectivity index (χ3n) is 5.32. The molecule has 1 aromatic heterocycles. The number of hydrogen-bond donors (Lipinski definition) is 1. The average molecular weight is 401 g/mol. The number of amides is 1. The van der Waals surface area contributed by atoms with Gasteiger partial charge in [-0.1, -0.05) is 30.3 Å². The highest BCUT2D eigenvalue weighted by molar-refractivity contribution is 7.17. The molecule has 0 spiro atoms. The van der Waals surface area contributed by atoms with Crippen LogP contribution in [0.3, 0.4) is 0 Å². The van der Waals surface area contributed by atoms with E-state index in [0.29, 0.717) is 36.9 Å². The minimum atomic E-state index is -0.424. The molecule has 1 unspecified atom stereocenters. The van der Waals surface area contributed by atoms with Gasteiger partial charge in [0.15, 0.2) is 0 Å². The van der Waals surface area contributed by atoms with Crippen molar-refractivity contribution in [1.82, 2.24) is 4.90 Å². The summed E-state index contributed by atoms with van der Waals surface area (Å²) in [5, 5.41) is 3.65. The number of anilines is 1. The molecule has 1 saturated heterocycles. The lowest BCUT2D eigenvalue weighted by atomic mass is 10.0. The number of carbonyl (C=O) groups excluding carboxylic acids is 2. The number of aryl methyl sites for hydroxylation is 1. The van der Waals surface area contributed by atoms with Crippen LogP contribution in [-0.2, 0) is 27.1 Å². The lowest BCUT2D eigenvalue weighted by Gasteiger charge is -2.33. The van der Waals surface area contributed by atoms with Crippen molar-refractivity contribution >= 4 is 28.2 Å². The maximum Gasteiger partial charge on any atom is 0.341 e. The first kappa shape index (κ1) is 19.1. The van der Waals surface area contributed by atoms with Crippen LogP contribution in [0.25, 0.3) is 0 Å². The fraction of sp³-hybridized carbons (Fsp3) is 0.429. The number of fused-ring (bicyclic) bond motifs is 1. The first-order valence-corrected chi connectivity index (χ1v) is 10.4. The van der Waals surface area contributed by atoms with Crippen molar-refractivity contribution in [3.63, 3.8) is 0 Å². The minimum absolute atomic E-state index is 0.127. The molecule has 1 aromatic carbocycles. The molecule has 2 heterocycles. The second-order valence-electron chi connectivity index (χ2n) is 7.00. The first-order chi connectivity index (χ1) is 13.7. The molecule has 6 nitrogen and oxygen atoms in total. The summed E-state index contributed by atoms with van der Waals surface area (Å²) < 4.78 is 10.5. The zero-order chi connectivity index (χ0) is 19.5. The summed E-state index contributed by atoms with van der Waals surface area (Å²) in [4.78, 5) is 29.1. The highest BCUT2D eigenvalue weighted by Crippen LogP contribution is 2.40. The lowest BCUT2D eigenvalue weighted by Crippen LogP contribution is -2.43. The highest BCUT2D eigenvalue weighted by atomic mass is 32.1. The standard InChI is InChI=1S/C21H24N2O4S/c1-26-21(25)17-15-8-5-9-16(15)28-20(17)22-19(24)18(14-6-3-2-4-7-14)23-10-12-27-13-11-23/h2-4,6-7,18H,5,8-13H2,1H3,(H,22,24). The number of methoxy groups -OCH3 is 1. The van der Waals surface area contributed by atoms with E-state index in [-0.39, 0.29) is 11.9 Å². The summed E-state index contributed by atoms with van der Waals surface area (Å²) in [5.74, 6) is -0.504. The van der Waals surface area contributed by atoms with Crippen LogP contribution in [0.4, 0.5) is 5.00 Å². The SMILES string of the molecule is COC(=O)c1c(NC(=O)C(c2ccccc2)N2CCOCC2)sc2c1CCC2. The van der Waals surface area contributed by atoms with Crippen molar-refractivity contribution in [2.45, 2.75) is 25.3 Å². The summed E-state index contributed by atoms with van der Waals surface area (Å²) >= 11 is 1.50. The summed E-state index contributed by atoms with van der Waals surface area (Å²) in [6.45, 7) is 2.60. The van der Waals surface area contributed by atoms with Gasteiger partial charge in [-0.25, -0.2) is 4.79 Å². The molecular formula is C21H24N2O4S. The number of morpholine rings is 1. The van der Waals surface area contributed by atoms with E-state index < -0.39 is 6.04 Å². The van der Waals surface area contributed by atoms with Crippen LogP contribution in [0.1, 0.15) is 38.8 Å². The fourth-order valence-electron chi connectivity index (χ4n) is 3.99. The van der Waals surface area contributed by atoms with Crippen molar-refractivity contribution < 1.29 is 19.1 Å². The number of rotatable bonds is 5. The second-order valence-corrected chi connectivity index (χ2v) is 8.11. The van der Waals surface area contributed by atoms with E-state index in [4.69, 9.17) is 9.47 Å². The van der Waals surface area contributed by atoms with Gasteiger partial charge in [-0.15, -0.1) is 11.3 Å². The molecule has 28 heavy (non-hydrogen) atoms. The van der Waals surface area contributed by atoms with E-state index in [1.807, 2.05) is 30.3 Å². The van der Waals surface area contributed by atoms with Crippen molar-refractivity contribution in [3.05, 3.63) is 51.9 Å². The molecule has 148 valence electrons. The summed E-state index contributed by atoms with van der Waals surface area (Å²) in [6.07, 6.45) is 2.85. The maximum absolute atomic E-state index is 13.4. The molecular weight excluding hydrogens is 376 g/mol. The first-order valence-electron chi connectivity index (χ1n) is 9.59. The molecule has 1 aliphatic carbocycles. The highest BCUT2D eigenvalue weighted by Gasteiger charge is 2.32. The molecule has 1 fully saturated rings. The van der Waals surface area contributed by atoms with E-state index >= 15 is 0 Å². The molecule has 1 N–H and O–H groups in total. The van der Waals surface area contributed by atoms with Gasteiger partial charge < -0.3 is 14.8 Å². The molecule has 0 bridgehead atoms. The normalized spacial score (nSPS) is 17.8. The van der Waals surface area contributed by atoms with Gasteiger partial charge in [0.1, 0.15) is 11.0 Å². The predicted octanol–water partition coefficient (Wildman–Crippen LogP) is 3.04. The zero-order valence-electron chi connectivity index (χ0n) is 15.9. The number of hydrogen-bond acceptors (Lipinski definition) is 6. The van der Waals surface area contributed by atoms with E-state index in [0.717, 1.165) is 30.4 Å². The topological polar surface area (TPSA) is 67.9 Å². The van der Waals surface area contributed by atoms with Crippen LogP contribution in [-0.4, -0.2) is 50.2 Å². The maximum atomic E-state index is 13.4. The van der Waals surface area contributed by atoms with Gasteiger partial charge in [0.2, 0.25) is 5.91 Å². The zero-order valence-corrected chi connectivity index (χ0v) is 16.7. The monoisotopic (exact) mass is 400 g/mol. The van der Waals surface area contributed by atoms with Crippen molar-refractivity contribution in [2.75, 3.05) is 38.7 Å². The molecule has 4 rings (SSSR count). The van der Waals surface area contributed by atoms with Gasteiger partial charge in [0.25, 0.3) is 0 Å². The number of nitrogens with zero attached hydrogens (tertiary/aromatic N) is 1. The molecule has 0 radical (unpaired) electrons. The van der Waals surface area contributed by atoms with Gasteiger partial charge in [-0.3, -0.25) is 9.69 Å². The van der Waals surface area contributed by atoms with Crippen molar-refractivity contribution in [3.8, 4) is 0 Å². The third-order valence-corrected chi connectivity index (χ3v) is 6.53. The van der Waals surface area contributed by atoms with Crippen LogP contribution in [0.2, 0.25) is 0 Å². The Balaban J connectivity index is 1.64. The van der Waals surface area contributed by atoms with Crippen LogP contribution >= 0.6 is 11.3 Å². The Labute approximate surface area is 168 Å². The van der Waals surface area contributed by atoms with Crippen molar-refractivity contribution in [1.29, 1.82) is 0 Å². The average Bonchev–Trinajstić information content (AvgIpc) is 3.30. The molecule has 7 heteroatoms. The fourth-order valence-corrected chi connectivity index (χ4v) is 5.27. The quantitative estimate of drug-likeness (QED) is 0.782. The van der Waals surface area contributed by atoms with E-state index in [1.165, 1.54) is 23.3 Å². The van der Waals surface area contributed by atoms with Crippen LogP contribution in [0, 0.1) is 0 Å². The Morgan fingerprint density at radius 1 is 1.18 bits per heavy atom. The van der Waals surface area contributed by atoms with E-state index in [1.54, 1.807) is 0 Å². The van der Waals surface area contributed by atoms with Gasteiger partial charge in [0.05, 0.1) is 25.9 Å². The van der Waals surface area contributed by atoms with Crippen LogP contribution in [0.5, 0.6) is 0 Å². The lowest BCUT2D eigenvalue weighted by molar-refractivity contribution is -0.123. The minimum Gasteiger partial charge on any atom is -0.465 e. The van der Waals surface area contributed by atoms with Crippen LogP contribution < -0.4 is 5.32 Å². The van der Waals surface area contributed by atoms with E-state index in [2.05, 4.69) is 10.2 Å². The smallest absolute Gasteiger partial charge is 0.341 e. The third kappa shape index (κ3) is 3.70. The molecule has 1 amide bonds. The van der Waals surface area contributed by atoms with Gasteiger partial charge in [-0.05, 0) is 30.4 Å². The molecule has 1 aliphatic heterocycles. The number of thiophene rings is 1. The van der Waals surface area contributed by atoms with E-state index in [9.17, 15) is 9.59 Å². The number of benzene rings is 1. The largest absolute Gasteiger partial charge is 0.465 e. The van der Waals surface area contributed by atoms with Crippen LogP contribution in [0.15, 0.2) is 30.3 Å². The van der Waals surface area contributed by atoms with Gasteiger partial charge in [-0.2, -0.15) is 0 Å². The Morgan fingerprint density at radius 2 is 1.93 bits per heavy atom. The summed E-state index contributed by atoms with van der Waals surface area (Å²) in [7, 11) is 1.38. The number of carbonyl (C=O) groups is 2. The Kier molecular flexibility index (Phi) is 5.75.